The van der Waals surface area contributed by atoms with Crippen LogP contribution in [0.5, 0.6) is 11.5 Å². The Bertz CT molecular complexity index is 1520. The molecule has 3 rings (SSSR count). The van der Waals surface area contributed by atoms with Gasteiger partial charge in [-0.25, -0.2) is 4.79 Å². The third-order valence-corrected chi connectivity index (χ3v) is 10.6. The summed E-state index contributed by atoms with van der Waals surface area (Å²) in [6.45, 7) is 8.09. The molecule has 1 aromatic carbocycles. The molecule has 306 valence electrons. The number of piperidine rings is 1. The molecule has 1 aromatic rings. The summed E-state index contributed by atoms with van der Waals surface area (Å²) in [5.41, 5.74) is 1.92. The zero-order chi connectivity index (χ0) is 40.5. The summed E-state index contributed by atoms with van der Waals surface area (Å²) < 4.78 is 33.1. The van der Waals surface area contributed by atoms with Crippen molar-refractivity contribution < 1.29 is 52.7 Å². The van der Waals surface area contributed by atoms with Gasteiger partial charge in [0.05, 0.1) is 33.0 Å². The van der Waals surface area contributed by atoms with Crippen molar-refractivity contribution in [2.75, 3.05) is 48.2 Å². The molecule has 0 radical (unpaired) electrons. The van der Waals surface area contributed by atoms with Gasteiger partial charge in [-0.2, -0.15) is 0 Å². The number of carbonyl (C=O) groups excluding carboxylic acids is 4. The van der Waals surface area contributed by atoms with Gasteiger partial charge in [-0.3, -0.25) is 14.4 Å². The Kier molecular flexibility index (Phi) is 18.8. The molecule has 7 atom stereocenters. The molecule has 12 heteroatoms. The Morgan fingerprint density at radius 1 is 1.00 bits per heavy atom. The van der Waals surface area contributed by atoms with E-state index >= 15 is 0 Å². The predicted molar refractivity (Wildman–Crippen MR) is 209 cm³/mol. The van der Waals surface area contributed by atoms with E-state index in [4.69, 9.17) is 28.4 Å². The topological polar surface area (TPSA) is 147 Å². The van der Waals surface area contributed by atoms with E-state index in [0.29, 0.717) is 62.9 Å². The first-order chi connectivity index (χ1) is 26.3. The summed E-state index contributed by atoms with van der Waals surface area (Å²) in [5.74, 6) is -4.06. The summed E-state index contributed by atoms with van der Waals surface area (Å²) >= 11 is 0. The van der Waals surface area contributed by atoms with Crippen molar-refractivity contribution in [1.82, 2.24) is 4.90 Å². The van der Waals surface area contributed by atoms with Crippen molar-refractivity contribution in [3.8, 4) is 11.5 Å². The van der Waals surface area contributed by atoms with Gasteiger partial charge in [-0.05, 0) is 87.5 Å². The van der Waals surface area contributed by atoms with Crippen LogP contribution in [0.15, 0.2) is 54.2 Å². The number of allylic oxidation sites excluding steroid dienone is 5. The average molecular weight is 770 g/mol. The molecule has 2 aliphatic rings. The lowest BCUT2D eigenvalue weighted by molar-refractivity contribution is -0.265. The lowest BCUT2D eigenvalue weighted by atomic mass is 9.85. The van der Waals surface area contributed by atoms with Gasteiger partial charge in [0.2, 0.25) is 5.79 Å². The number of ether oxygens (including phenoxy) is 6. The molecule has 0 spiro atoms. The number of rotatable bonds is 21. The molecule has 0 bridgehead atoms. The molecule has 2 aliphatic heterocycles. The number of likely N-dealkylation sites (tertiary alicyclic amines) is 1. The van der Waals surface area contributed by atoms with Crippen LogP contribution < -0.4 is 9.47 Å². The number of carbonyl (C=O) groups is 4. The van der Waals surface area contributed by atoms with Crippen LogP contribution in [-0.2, 0) is 44.5 Å². The Balaban J connectivity index is 1.57. The molecule has 1 unspecified atom stereocenters. The Morgan fingerprint density at radius 2 is 1.75 bits per heavy atom. The first kappa shape index (κ1) is 45.5. The van der Waals surface area contributed by atoms with Gasteiger partial charge >= 0.3 is 5.97 Å². The van der Waals surface area contributed by atoms with Crippen LogP contribution in [0.4, 0.5) is 0 Å². The van der Waals surface area contributed by atoms with Crippen LogP contribution >= 0.6 is 0 Å². The van der Waals surface area contributed by atoms with Crippen molar-refractivity contribution in [3.63, 3.8) is 0 Å². The monoisotopic (exact) mass is 769 g/mol. The zero-order valence-corrected chi connectivity index (χ0v) is 34.0. The Hall–Kier alpha value is -3.84. The third kappa shape index (κ3) is 13.1. The van der Waals surface area contributed by atoms with E-state index < -0.39 is 41.5 Å². The number of esters is 1. The van der Waals surface area contributed by atoms with Gasteiger partial charge in [-0.1, -0.05) is 57.2 Å². The highest BCUT2D eigenvalue weighted by Gasteiger charge is 2.52. The number of amides is 1. The van der Waals surface area contributed by atoms with Gasteiger partial charge < -0.3 is 38.4 Å². The fourth-order valence-electron chi connectivity index (χ4n) is 7.18. The van der Waals surface area contributed by atoms with E-state index in [1.165, 1.54) is 12.0 Å². The van der Waals surface area contributed by atoms with Crippen molar-refractivity contribution in [3.05, 3.63) is 59.7 Å². The van der Waals surface area contributed by atoms with E-state index in [0.717, 1.165) is 17.6 Å². The highest BCUT2D eigenvalue weighted by atomic mass is 16.6. The van der Waals surface area contributed by atoms with Gasteiger partial charge in [0.1, 0.15) is 12.6 Å². The van der Waals surface area contributed by atoms with E-state index in [2.05, 4.69) is 13.0 Å². The minimum Gasteiger partial charge on any atom is -0.493 e. The lowest BCUT2D eigenvalue weighted by Crippen LogP contribution is -2.60. The minimum absolute atomic E-state index is 0.0756. The highest BCUT2D eigenvalue weighted by Crippen LogP contribution is 2.36. The first-order valence-corrected chi connectivity index (χ1v) is 19.5. The summed E-state index contributed by atoms with van der Waals surface area (Å²) in [6, 6.07) is 4.71. The minimum atomic E-state index is -2.34. The zero-order valence-electron chi connectivity index (χ0n) is 34.0. The summed E-state index contributed by atoms with van der Waals surface area (Å²) in [6.07, 6.45) is 13.9. The molecular weight excluding hydrogens is 706 g/mol. The third-order valence-electron chi connectivity index (χ3n) is 10.6. The molecule has 2 fully saturated rings. The maximum absolute atomic E-state index is 13.8. The summed E-state index contributed by atoms with van der Waals surface area (Å²) in [7, 11) is 6.26. The number of methoxy groups -OCH3 is 4. The summed E-state index contributed by atoms with van der Waals surface area (Å²) in [4.78, 5) is 54.0. The molecular formula is C43H63NO11. The van der Waals surface area contributed by atoms with Crippen molar-refractivity contribution >= 4 is 23.4 Å². The number of nitrogens with zero attached hydrogens (tertiary/aromatic N) is 1. The van der Waals surface area contributed by atoms with E-state index in [-0.39, 0.29) is 43.5 Å². The second-order valence-corrected chi connectivity index (χ2v) is 14.9. The van der Waals surface area contributed by atoms with Gasteiger partial charge in [0.25, 0.3) is 11.7 Å². The number of hydrogen-bond donors (Lipinski definition) is 1. The number of ketones is 2. The smallest absolute Gasteiger partial charge is 0.328 e. The van der Waals surface area contributed by atoms with E-state index in [9.17, 15) is 24.3 Å². The second kappa shape index (κ2) is 22.6. The summed E-state index contributed by atoms with van der Waals surface area (Å²) in [5, 5.41) is 11.7. The number of benzene rings is 1. The van der Waals surface area contributed by atoms with Crippen molar-refractivity contribution in [1.29, 1.82) is 0 Å². The normalized spacial score (nSPS) is 23.7. The quantitative estimate of drug-likeness (QED) is 0.0683. The van der Waals surface area contributed by atoms with Crippen molar-refractivity contribution in [2.45, 2.75) is 110 Å². The molecule has 2 heterocycles. The van der Waals surface area contributed by atoms with Crippen LogP contribution in [-0.4, -0.2) is 106 Å². The van der Waals surface area contributed by atoms with Gasteiger partial charge in [0.15, 0.2) is 17.3 Å². The fraction of sp³-hybridized carbons (Fsp3) is 0.628. The predicted octanol–water partition coefficient (Wildman–Crippen LogP) is 5.98. The fourth-order valence-corrected chi connectivity index (χ4v) is 7.18. The van der Waals surface area contributed by atoms with Crippen LogP contribution in [0.25, 0.3) is 0 Å². The largest absolute Gasteiger partial charge is 0.493 e. The second-order valence-electron chi connectivity index (χ2n) is 14.9. The van der Waals surface area contributed by atoms with Gasteiger partial charge in [0, 0.05) is 39.0 Å². The Labute approximate surface area is 327 Å². The molecule has 12 nitrogen and oxygen atoms in total. The molecule has 1 amide bonds. The maximum atomic E-state index is 13.8. The molecule has 1 N–H and O–H groups in total. The number of aryl methyl sites for hydroxylation is 1. The first-order valence-electron chi connectivity index (χ1n) is 19.5. The maximum Gasteiger partial charge on any atom is 0.328 e. The van der Waals surface area contributed by atoms with Crippen LogP contribution in [0, 0.1) is 17.8 Å². The average Bonchev–Trinajstić information content (AvgIpc) is 3.18. The molecule has 0 aromatic heterocycles. The SMILES string of the molecule is COCC(=O)[C@H](C)C[C@H](C)C=CC=CC=C(C)[C@H](C[C@@H]1CC[C@@H](C)[C@](O)(C(=O)C(=O)N2CCCCC2C(=O)OCCCc2ccc(OC)c(OC)c2)O1)OC. The van der Waals surface area contributed by atoms with E-state index in [1.807, 2.05) is 56.4 Å². The number of hydrogen-bond acceptors (Lipinski definition) is 11. The highest BCUT2D eigenvalue weighted by molar-refractivity contribution is 6.39. The Morgan fingerprint density at radius 3 is 2.44 bits per heavy atom. The molecule has 2 saturated heterocycles. The lowest BCUT2D eigenvalue weighted by Gasteiger charge is -2.42. The number of Topliss-reactive ketones (excluding diaryl/α,β-unsaturated/α-hetero) is 2. The standard InChI is InChI=1S/C43H63NO11/c1-29(25-31(3)36(45)28-50-5)15-10-9-11-16-30(2)38(52-7)27-34-21-19-32(4)43(49,55-34)40(46)41(47)44-23-13-12-18-35(44)42(48)54-24-14-17-33-20-22-37(51-6)39(26-33)53-8/h9-11,15-16,20,22,26,29,31-32,34-35,38,49H,12-14,17-19,21,23-25,27-28H2,1-8H3/t29-,31-,32-,34+,35?,38+,43-/m1/s1. The molecule has 55 heavy (non-hydrogen) atoms. The molecule has 0 saturated carbocycles. The van der Waals surface area contributed by atoms with E-state index in [1.54, 1.807) is 28.3 Å². The number of aliphatic hydroxyl groups is 1. The van der Waals surface area contributed by atoms with Crippen LogP contribution in [0.2, 0.25) is 0 Å². The van der Waals surface area contributed by atoms with Crippen LogP contribution in [0.3, 0.4) is 0 Å². The van der Waals surface area contributed by atoms with Crippen LogP contribution in [0.1, 0.15) is 84.6 Å². The molecule has 0 aliphatic carbocycles. The van der Waals surface area contributed by atoms with Crippen molar-refractivity contribution in [2.24, 2.45) is 17.8 Å². The van der Waals surface area contributed by atoms with Gasteiger partial charge in [-0.15, -0.1) is 0 Å².